The van der Waals surface area contributed by atoms with Gasteiger partial charge in [0.1, 0.15) is 5.54 Å². The molecule has 0 heterocycles. The minimum Gasteiger partial charge on any atom is -0.367 e. The van der Waals surface area contributed by atoms with Crippen LogP contribution in [0.15, 0.2) is 28.7 Å². The second kappa shape index (κ2) is 5.10. The molecule has 0 bridgehead atoms. The molecule has 1 fully saturated rings. The molecule has 2 atom stereocenters. The van der Waals surface area contributed by atoms with Crippen molar-refractivity contribution < 1.29 is 0 Å². The molecule has 17 heavy (non-hydrogen) atoms. The van der Waals surface area contributed by atoms with Gasteiger partial charge in [0.25, 0.3) is 0 Å². The molecule has 0 radical (unpaired) electrons. The first-order chi connectivity index (χ1) is 8.16. The molecular formula is C14H17BrN2. The first kappa shape index (κ1) is 12.4. The summed E-state index contributed by atoms with van der Waals surface area (Å²) in [6.45, 7) is 2.17. The Morgan fingerprint density at radius 2 is 2.29 bits per heavy atom. The molecule has 90 valence electrons. The van der Waals surface area contributed by atoms with Crippen LogP contribution in [0, 0.1) is 17.2 Å². The van der Waals surface area contributed by atoms with Crippen molar-refractivity contribution in [2.75, 3.05) is 5.32 Å². The van der Waals surface area contributed by atoms with E-state index in [2.05, 4.69) is 34.2 Å². The highest BCUT2D eigenvalue weighted by Gasteiger charge is 2.38. The monoisotopic (exact) mass is 292 g/mol. The van der Waals surface area contributed by atoms with Gasteiger partial charge in [-0.05, 0) is 37.0 Å². The minimum atomic E-state index is -0.390. The molecule has 1 aromatic rings. The molecule has 2 rings (SSSR count). The van der Waals surface area contributed by atoms with Gasteiger partial charge < -0.3 is 5.32 Å². The number of nitrogens with zero attached hydrogens (tertiary/aromatic N) is 1. The Balaban J connectivity index is 2.22. The number of anilines is 1. The maximum Gasteiger partial charge on any atom is 0.127 e. The summed E-state index contributed by atoms with van der Waals surface area (Å²) < 4.78 is 1.04. The van der Waals surface area contributed by atoms with Crippen molar-refractivity contribution in [3.8, 4) is 6.07 Å². The third-order valence-electron chi connectivity index (χ3n) is 3.69. The van der Waals surface area contributed by atoms with Gasteiger partial charge in [-0.1, -0.05) is 41.8 Å². The standard InChI is InChI=1S/C14H17BrN2/c1-11-5-2-3-8-14(11,10-16)17-13-7-4-6-12(15)9-13/h4,6-7,9,11,17H,2-3,5,8H2,1H3. The quantitative estimate of drug-likeness (QED) is 0.880. The summed E-state index contributed by atoms with van der Waals surface area (Å²) >= 11 is 3.46. The molecule has 1 N–H and O–H groups in total. The third kappa shape index (κ3) is 2.63. The van der Waals surface area contributed by atoms with Gasteiger partial charge in [0.2, 0.25) is 0 Å². The maximum atomic E-state index is 9.52. The fourth-order valence-corrected chi connectivity index (χ4v) is 2.95. The second-order valence-electron chi connectivity index (χ2n) is 4.87. The zero-order valence-electron chi connectivity index (χ0n) is 10.0. The van der Waals surface area contributed by atoms with E-state index in [1.165, 1.54) is 6.42 Å². The van der Waals surface area contributed by atoms with Crippen molar-refractivity contribution in [2.24, 2.45) is 5.92 Å². The predicted molar refractivity (Wildman–Crippen MR) is 73.7 cm³/mol. The lowest BCUT2D eigenvalue weighted by molar-refractivity contribution is 0.286. The maximum absolute atomic E-state index is 9.52. The lowest BCUT2D eigenvalue weighted by atomic mass is 9.74. The largest absolute Gasteiger partial charge is 0.367 e. The Hall–Kier alpha value is -1.01. The number of nitriles is 1. The van der Waals surface area contributed by atoms with Crippen molar-refractivity contribution in [1.82, 2.24) is 0 Å². The molecule has 0 aliphatic heterocycles. The van der Waals surface area contributed by atoms with Crippen molar-refractivity contribution >= 4 is 21.6 Å². The van der Waals surface area contributed by atoms with Gasteiger partial charge in [-0.25, -0.2) is 0 Å². The van der Waals surface area contributed by atoms with E-state index in [-0.39, 0.29) is 5.54 Å². The van der Waals surface area contributed by atoms with Crippen LogP contribution in [0.3, 0.4) is 0 Å². The summed E-state index contributed by atoms with van der Waals surface area (Å²) in [5, 5.41) is 13.0. The summed E-state index contributed by atoms with van der Waals surface area (Å²) in [4.78, 5) is 0. The molecular weight excluding hydrogens is 276 g/mol. The third-order valence-corrected chi connectivity index (χ3v) is 4.18. The van der Waals surface area contributed by atoms with Crippen LogP contribution >= 0.6 is 15.9 Å². The molecule has 0 aromatic heterocycles. The molecule has 2 nitrogen and oxygen atoms in total. The van der Waals surface area contributed by atoms with Crippen LogP contribution in [0.5, 0.6) is 0 Å². The molecule has 3 heteroatoms. The topological polar surface area (TPSA) is 35.8 Å². The Kier molecular flexibility index (Phi) is 3.73. The molecule has 0 amide bonds. The van der Waals surface area contributed by atoms with Gasteiger partial charge in [-0.2, -0.15) is 5.26 Å². The lowest BCUT2D eigenvalue weighted by Crippen LogP contribution is -2.45. The highest BCUT2D eigenvalue weighted by Crippen LogP contribution is 2.36. The molecule has 0 saturated heterocycles. The summed E-state index contributed by atoms with van der Waals surface area (Å²) in [6.07, 6.45) is 4.45. The Morgan fingerprint density at radius 1 is 1.47 bits per heavy atom. The van der Waals surface area contributed by atoms with Crippen LogP contribution in [-0.4, -0.2) is 5.54 Å². The number of nitrogens with one attached hydrogen (secondary N) is 1. The lowest BCUT2D eigenvalue weighted by Gasteiger charge is -2.38. The first-order valence-electron chi connectivity index (χ1n) is 6.11. The van der Waals surface area contributed by atoms with Gasteiger partial charge >= 0.3 is 0 Å². The van der Waals surface area contributed by atoms with E-state index in [9.17, 15) is 5.26 Å². The number of hydrogen-bond acceptors (Lipinski definition) is 2. The number of rotatable bonds is 2. The Bertz CT molecular complexity index is 438. The summed E-state index contributed by atoms with van der Waals surface area (Å²) in [7, 11) is 0. The van der Waals surface area contributed by atoms with Gasteiger partial charge in [-0.3, -0.25) is 0 Å². The average molecular weight is 293 g/mol. The number of benzene rings is 1. The van der Waals surface area contributed by atoms with Crippen LogP contribution < -0.4 is 5.32 Å². The fraction of sp³-hybridized carbons (Fsp3) is 0.500. The highest BCUT2D eigenvalue weighted by atomic mass is 79.9. The predicted octanol–water partition coefficient (Wildman–Crippen LogP) is 4.33. The smallest absolute Gasteiger partial charge is 0.127 e. The molecule has 2 unspecified atom stereocenters. The van der Waals surface area contributed by atoms with Gasteiger partial charge in [-0.15, -0.1) is 0 Å². The summed E-state index contributed by atoms with van der Waals surface area (Å²) in [5.74, 6) is 0.403. The van der Waals surface area contributed by atoms with Gasteiger partial charge in [0.05, 0.1) is 6.07 Å². The van der Waals surface area contributed by atoms with Crippen molar-refractivity contribution in [2.45, 2.75) is 38.1 Å². The van der Waals surface area contributed by atoms with E-state index in [1.807, 2.05) is 24.3 Å². The molecule has 1 aromatic carbocycles. The van der Waals surface area contributed by atoms with E-state index in [0.29, 0.717) is 5.92 Å². The van der Waals surface area contributed by atoms with Crippen LogP contribution in [-0.2, 0) is 0 Å². The molecule has 1 saturated carbocycles. The number of hydrogen-bond donors (Lipinski definition) is 1. The fourth-order valence-electron chi connectivity index (χ4n) is 2.55. The Labute approximate surface area is 111 Å². The van der Waals surface area contributed by atoms with E-state index < -0.39 is 0 Å². The summed E-state index contributed by atoms with van der Waals surface area (Å²) in [5.41, 5.74) is 0.633. The van der Waals surface area contributed by atoms with Crippen LogP contribution in [0.25, 0.3) is 0 Å². The van der Waals surface area contributed by atoms with Gasteiger partial charge in [0.15, 0.2) is 0 Å². The molecule has 1 aliphatic rings. The Morgan fingerprint density at radius 3 is 2.94 bits per heavy atom. The minimum absolute atomic E-state index is 0.390. The van der Waals surface area contributed by atoms with Crippen molar-refractivity contribution in [1.29, 1.82) is 5.26 Å². The van der Waals surface area contributed by atoms with E-state index >= 15 is 0 Å². The summed E-state index contributed by atoms with van der Waals surface area (Å²) in [6, 6.07) is 10.5. The van der Waals surface area contributed by atoms with E-state index in [4.69, 9.17) is 0 Å². The molecule has 0 spiro atoms. The van der Waals surface area contributed by atoms with Crippen LogP contribution in [0.2, 0.25) is 0 Å². The van der Waals surface area contributed by atoms with Crippen molar-refractivity contribution in [3.05, 3.63) is 28.7 Å². The zero-order chi connectivity index (χ0) is 12.3. The number of halogens is 1. The van der Waals surface area contributed by atoms with E-state index in [1.54, 1.807) is 0 Å². The second-order valence-corrected chi connectivity index (χ2v) is 5.78. The van der Waals surface area contributed by atoms with Gasteiger partial charge in [0, 0.05) is 10.2 Å². The first-order valence-corrected chi connectivity index (χ1v) is 6.90. The average Bonchev–Trinajstić information content (AvgIpc) is 2.32. The SMILES string of the molecule is CC1CCCCC1(C#N)Nc1cccc(Br)c1. The molecule has 1 aliphatic carbocycles. The normalized spacial score (nSPS) is 28.4. The van der Waals surface area contributed by atoms with E-state index in [0.717, 1.165) is 29.4 Å². The van der Waals surface area contributed by atoms with Crippen LogP contribution in [0.1, 0.15) is 32.6 Å². The van der Waals surface area contributed by atoms with Crippen LogP contribution in [0.4, 0.5) is 5.69 Å². The highest BCUT2D eigenvalue weighted by molar-refractivity contribution is 9.10. The zero-order valence-corrected chi connectivity index (χ0v) is 11.6. The van der Waals surface area contributed by atoms with Crippen molar-refractivity contribution in [3.63, 3.8) is 0 Å².